The zero-order valence-electron chi connectivity index (χ0n) is 15.4. The van der Waals surface area contributed by atoms with Crippen LogP contribution >= 0.6 is 0 Å². The molecule has 0 bridgehead atoms. The first-order valence-corrected chi connectivity index (χ1v) is 9.47. The largest absolute Gasteiger partial charge is 0.469 e. The Morgan fingerprint density at radius 2 is 1.96 bits per heavy atom. The van der Waals surface area contributed by atoms with Crippen molar-refractivity contribution >= 4 is 5.96 Å². The molecule has 2 aromatic rings. The quantitative estimate of drug-likeness (QED) is 0.522. The maximum Gasteiger partial charge on any atom is 0.191 e. The Balaban J connectivity index is 1.60. The van der Waals surface area contributed by atoms with Crippen LogP contribution in [-0.2, 0) is 12.0 Å². The summed E-state index contributed by atoms with van der Waals surface area (Å²) < 4.78 is 10.7. The summed E-state index contributed by atoms with van der Waals surface area (Å²) in [5.41, 5.74) is -1.13. The van der Waals surface area contributed by atoms with E-state index in [4.69, 9.17) is 8.83 Å². The van der Waals surface area contributed by atoms with Crippen molar-refractivity contribution in [2.75, 3.05) is 13.1 Å². The lowest BCUT2D eigenvalue weighted by molar-refractivity contribution is 0.0436. The van der Waals surface area contributed by atoms with Crippen molar-refractivity contribution in [2.45, 2.75) is 57.1 Å². The van der Waals surface area contributed by atoms with Gasteiger partial charge in [0.1, 0.15) is 17.1 Å². The molecule has 3 N–H and O–H groups in total. The van der Waals surface area contributed by atoms with Gasteiger partial charge >= 0.3 is 0 Å². The molecule has 0 aromatic carbocycles. The predicted molar refractivity (Wildman–Crippen MR) is 101 cm³/mol. The number of nitrogens with zero attached hydrogens (tertiary/aromatic N) is 1. The van der Waals surface area contributed by atoms with E-state index in [1.54, 1.807) is 31.6 Å². The molecule has 0 amide bonds. The van der Waals surface area contributed by atoms with Gasteiger partial charge in [0.05, 0.1) is 19.1 Å². The molecule has 0 saturated heterocycles. The van der Waals surface area contributed by atoms with E-state index >= 15 is 0 Å². The second kappa shape index (κ2) is 8.94. The average Bonchev–Trinajstić information content (AvgIpc) is 3.34. The van der Waals surface area contributed by atoms with Crippen LogP contribution in [0.2, 0.25) is 0 Å². The third-order valence-electron chi connectivity index (χ3n) is 4.79. The Morgan fingerprint density at radius 3 is 2.65 bits per heavy atom. The fraction of sp³-hybridized carbons (Fsp3) is 0.550. The minimum absolute atomic E-state index is 0.226. The number of hydrogen-bond acceptors (Lipinski definition) is 4. The van der Waals surface area contributed by atoms with Gasteiger partial charge in [-0.25, -0.2) is 4.99 Å². The first kappa shape index (κ1) is 18.6. The summed E-state index contributed by atoms with van der Waals surface area (Å²) in [5.74, 6) is 2.20. The fourth-order valence-electron chi connectivity index (χ4n) is 3.25. The lowest BCUT2D eigenvalue weighted by Crippen LogP contribution is -2.45. The van der Waals surface area contributed by atoms with E-state index in [0.29, 0.717) is 11.8 Å². The van der Waals surface area contributed by atoms with Crippen molar-refractivity contribution in [3.8, 4) is 0 Å². The Hall–Kier alpha value is -2.21. The van der Waals surface area contributed by atoms with Gasteiger partial charge in [-0.1, -0.05) is 19.3 Å². The first-order valence-electron chi connectivity index (χ1n) is 9.47. The van der Waals surface area contributed by atoms with Gasteiger partial charge in [0.2, 0.25) is 0 Å². The minimum Gasteiger partial charge on any atom is -0.469 e. The summed E-state index contributed by atoms with van der Waals surface area (Å²) in [5, 5.41) is 17.5. The maximum absolute atomic E-state index is 10.6. The second-order valence-corrected chi connectivity index (χ2v) is 7.15. The van der Waals surface area contributed by atoms with E-state index in [2.05, 4.69) is 15.6 Å². The van der Waals surface area contributed by atoms with Crippen molar-refractivity contribution in [1.82, 2.24) is 10.6 Å². The van der Waals surface area contributed by atoms with E-state index < -0.39 is 5.60 Å². The third-order valence-corrected chi connectivity index (χ3v) is 4.79. The number of aliphatic hydroxyl groups is 1. The molecule has 2 heterocycles. The van der Waals surface area contributed by atoms with Crippen LogP contribution in [0.4, 0.5) is 0 Å². The molecule has 1 fully saturated rings. The lowest BCUT2D eigenvalue weighted by Gasteiger charge is -2.26. The molecular weight excluding hydrogens is 330 g/mol. The molecule has 1 saturated carbocycles. The van der Waals surface area contributed by atoms with Crippen molar-refractivity contribution in [3.63, 3.8) is 0 Å². The predicted octanol–water partition coefficient (Wildman–Crippen LogP) is 3.19. The highest BCUT2D eigenvalue weighted by Gasteiger charge is 2.26. The van der Waals surface area contributed by atoms with E-state index in [0.717, 1.165) is 37.5 Å². The van der Waals surface area contributed by atoms with Crippen LogP contribution in [0.25, 0.3) is 0 Å². The minimum atomic E-state index is -1.13. The molecule has 2 aromatic heterocycles. The van der Waals surface area contributed by atoms with Crippen molar-refractivity contribution in [2.24, 2.45) is 4.99 Å². The summed E-state index contributed by atoms with van der Waals surface area (Å²) in [6, 6.07) is 7.84. The smallest absolute Gasteiger partial charge is 0.191 e. The number of hydrogen-bond donors (Lipinski definition) is 3. The van der Waals surface area contributed by atoms with Crippen molar-refractivity contribution in [1.29, 1.82) is 0 Å². The molecule has 0 spiro atoms. The average molecular weight is 359 g/mol. The van der Waals surface area contributed by atoms with Crippen LogP contribution in [0, 0.1) is 0 Å². The Morgan fingerprint density at radius 1 is 1.19 bits per heavy atom. The topological polar surface area (TPSA) is 82.9 Å². The van der Waals surface area contributed by atoms with Gasteiger partial charge in [0.15, 0.2) is 5.96 Å². The lowest BCUT2D eigenvalue weighted by atomic mass is 9.96. The molecular formula is C20H29N3O3. The standard InChI is InChI=1S/C20H29N3O3/c1-20(24,18-10-6-14-26-18)15-22-19(23-16-7-3-2-4-8-16)21-12-11-17-9-5-13-25-17/h5-6,9-10,13-14,16,24H,2-4,7-8,11-12,15H2,1H3,(H2,21,22,23). The van der Waals surface area contributed by atoms with Gasteiger partial charge < -0.3 is 24.6 Å². The van der Waals surface area contributed by atoms with Gasteiger partial charge in [-0.05, 0) is 44.0 Å². The molecule has 0 radical (unpaired) electrons. The molecule has 1 aliphatic carbocycles. The second-order valence-electron chi connectivity index (χ2n) is 7.15. The van der Waals surface area contributed by atoms with Crippen LogP contribution in [-0.4, -0.2) is 30.2 Å². The summed E-state index contributed by atoms with van der Waals surface area (Å²) in [6.45, 7) is 2.66. The van der Waals surface area contributed by atoms with E-state index in [1.807, 2.05) is 12.1 Å². The SMILES string of the molecule is CC(O)(CN=C(NCCc1ccco1)NC1CCCCC1)c1ccco1. The molecule has 6 heteroatoms. The van der Waals surface area contributed by atoms with Crippen molar-refractivity contribution in [3.05, 3.63) is 48.3 Å². The summed E-state index contributed by atoms with van der Waals surface area (Å²) in [4.78, 5) is 4.62. The molecule has 1 unspecified atom stereocenters. The first-order chi connectivity index (χ1) is 12.6. The monoisotopic (exact) mass is 359 g/mol. The Bertz CT molecular complexity index is 657. The Kier molecular flexibility index (Phi) is 6.39. The molecule has 3 rings (SSSR count). The number of rotatable bonds is 7. The van der Waals surface area contributed by atoms with Gasteiger partial charge in [0.25, 0.3) is 0 Å². The highest BCUT2D eigenvalue weighted by atomic mass is 16.4. The van der Waals surface area contributed by atoms with Crippen LogP contribution in [0.15, 0.2) is 50.6 Å². The highest BCUT2D eigenvalue weighted by Crippen LogP contribution is 2.21. The van der Waals surface area contributed by atoms with Gasteiger partial charge in [-0.3, -0.25) is 0 Å². The molecule has 6 nitrogen and oxygen atoms in total. The van der Waals surface area contributed by atoms with E-state index in [9.17, 15) is 5.11 Å². The van der Waals surface area contributed by atoms with Crippen LogP contribution in [0.5, 0.6) is 0 Å². The van der Waals surface area contributed by atoms with E-state index in [-0.39, 0.29) is 6.54 Å². The van der Waals surface area contributed by atoms with Crippen LogP contribution in [0.3, 0.4) is 0 Å². The highest BCUT2D eigenvalue weighted by molar-refractivity contribution is 5.80. The van der Waals surface area contributed by atoms with Crippen LogP contribution < -0.4 is 10.6 Å². The van der Waals surface area contributed by atoms with Gasteiger partial charge in [0, 0.05) is 19.0 Å². The zero-order chi connectivity index (χ0) is 18.2. The Labute approximate surface area is 154 Å². The summed E-state index contributed by atoms with van der Waals surface area (Å²) >= 11 is 0. The number of guanidine groups is 1. The zero-order valence-corrected chi connectivity index (χ0v) is 15.4. The normalized spacial score (nSPS) is 18.5. The van der Waals surface area contributed by atoms with Crippen molar-refractivity contribution < 1.29 is 13.9 Å². The molecule has 1 atom stereocenters. The summed E-state index contributed by atoms with van der Waals surface area (Å²) in [7, 11) is 0. The summed E-state index contributed by atoms with van der Waals surface area (Å²) in [6.07, 6.45) is 10.2. The number of aliphatic imine (C=N–C) groups is 1. The number of nitrogens with one attached hydrogen (secondary N) is 2. The number of furan rings is 2. The molecule has 142 valence electrons. The molecule has 0 aliphatic heterocycles. The van der Waals surface area contributed by atoms with Gasteiger partial charge in [-0.2, -0.15) is 0 Å². The van der Waals surface area contributed by atoms with E-state index in [1.165, 1.54) is 19.3 Å². The van der Waals surface area contributed by atoms with Gasteiger partial charge in [-0.15, -0.1) is 0 Å². The molecule has 1 aliphatic rings. The fourth-order valence-corrected chi connectivity index (χ4v) is 3.25. The maximum atomic E-state index is 10.6. The van der Waals surface area contributed by atoms with Crippen LogP contribution in [0.1, 0.15) is 50.5 Å². The molecule has 26 heavy (non-hydrogen) atoms. The third kappa shape index (κ3) is 5.39.